The third-order valence-corrected chi connectivity index (χ3v) is 6.81. The Morgan fingerprint density at radius 2 is 1.56 bits per heavy atom. The number of carbonyl (C=O) groups excluding carboxylic acids is 2. The molecule has 1 N–H and O–H groups in total. The lowest BCUT2D eigenvalue weighted by Crippen LogP contribution is -2.54. The number of benzene rings is 2. The predicted molar refractivity (Wildman–Crippen MR) is 121 cm³/mol. The van der Waals surface area contributed by atoms with Gasteiger partial charge < -0.3 is 14.8 Å². The maximum Gasteiger partial charge on any atom is 0.270 e. The summed E-state index contributed by atoms with van der Waals surface area (Å²) in [6.07, 6.45) is 3.72. The van der Waals surface area contributed by atoms with Gasteiger partial charge in [0.15, 0.2) is 0 Å². The molecule has 2 fully saturated rings. The highest BCUT2D eigenvalue weighted by molar-refractivity contribution is 5.95. The fourth-order valence-corrected chi connectivity index (χ4v) is 4.84. The zero-order valence-corrected chi connectivity index (χ0v) is 17.8. The Kier molecular flexibility index (Phi) is 5.52. The van der Waals surface area contributed by atoms with Gasteiger partial charge in [-0.1, -0.05) is 24.3 Å². The fraction of sp³-hybridized carbons (Fsp3) is 0.308. The van der Waals surface area contributed by atoms with Crippen LogP contribution in [0.5, 0.6) is 0 Å². The normalized spacial score (nSPS) is 17.3. The third-order valence-electron chi connectivity index (χ3n) is 6.81. The number of carbonyl (C=O) groups is 2. The molecule has 5 nitrogen and oxygen atoms in total. The molecule has 2 aliphatic heterocycles. The van der Waals surface area contributed by atoms with E-state index in [2.05, 4.69) is 4.98 Å². The van der Waals surface area contributed by atoms with Crippen molar-refractivity contribution in [3.05, 3.63) is 83.9 Å². The molecular weight excluding hydrogens is 405 g/mol. The molecule has 0 radical (unpaired) electrons. The quantitative estimate of drug-likeness (QED) is 0.664. The van der Waals surface area contributed by atoms with E-state index >= 15 is 0 Å². The number of hydrogen-bond donors (Lipinski definition) is 1. The van der Waals surface area contributed by atoms with Crippen molar-refractivity contribution >= 4 is 11.8 Å². The lowest BCUT2D eigenvalue weighted by Gasteiger charge is -2.46. The van der Waals surface area contributed by atoms with Gasteiger partial charge >= 0.3 is 0 Å². The highest BCUT2D eigenvalue weighted by Gasteiger charge is 2.38. The largest absolute Gasteiger partial charge is 0.357 e. The van der Waals surface area contributed by atoms with Crippen molar-refractivity contribution in [2.75, 3.05) is 26.2 Å². The summed E-state index contributed by atoms with van der Waals surface area (Å²) in [4.78, 5) is 32.1. The van der Waals surface area contributed by atoms with E-state index in [0.29, 0.717) is 23.1 Å². The summed E-state index contributed by atoms with van der Waals surface area (Å²) in [6.45, 7) is 3.10. The second kappa shape index (κ2) is 8.61. The SMILES string of the molecule is O=C(c1ccc(-c2cccc(F)c2)cc1)N1CCC(C2CN(C(=O)c3ccc[nH]3)C2)CC1. The van der Waals surface area contributed by atoms with E-state index in [1.54, 1.807) is 12.3 Å². The first-order chi connectivity index (χ1) is 15.6. The number of nitrogens with one attached hydrogen (secondary N) is 1. The van der Waals surface area contributed by atoms with Crippen LogP contribution < -0.4 is 0 Å². The van der Waals surface area contributed by atoms with Crippen LogP contribution in [-0.4, -0.2) is 52.8 Å². The van der Waals surface area contributed by atoms with Gasteiger partial charge in [-0.15, -0.1) is 0 Å². The van der Waals surface area contributed by atoms with Crippen LogP contribution in [0.4, 0.5) is 4.39 Å². The Bertz CT molecular complexity index is 1100. The highest BCUT2D eigenvalue weighted by atomic mass is 19.1. The molecule has 1 aromatic heterocycles. The second-order valence-corrected chi connectivity index (χ2v) is 8.77. The van der Waals surface area contributed by atoms with Crippen molar-refractivity contribution in [2.24, 2.45) is 11.8 Å². The van der Waals surface area contributed by atoms with Gasteiger partial charge in [-0.3, -0.25) is 9.59 Å². The Labute approximate surface area is 186 Å². The molecular formula is C26H26FN3O2. The van der Waals surface area contributed by atoms with Crippen LogP contribution in [0.1, 0.15) is 33.7 Å². The van der Waals surface area contributed by atoms with E-state index in [4.69, 9.17) is 0 Å². The average Bonchev–Trinajstić information content (AvgIpc) is 3.33. The molecule has 3 heterocycles. The van der Waals surface area contributed by atoms with Crippen LogP contribution in [0.3, 0.4) is 0 Å². The van der Waals surface area contributed by atoms with Crippen LogP contribution >= 0.6 is 0 Å². The van der Waals surface area contributed by atoms with Crippen molar-refractivity contribution in [3.63, 3.8) is 0 Å². The number of nitrogens with zero attached hydrogens (tertiary/aromatic N) is 2. The van der Waals surface area contributed by atoms with Crippen LogP contribution in [0.15, 0.2) is 66.9 Å². The molecule has 0 bridgehead atoms. The van der Waals surface area contributed by atoms with Crippen molar-refractivity contribution in [1.82, 2.24) is 14.8 Å². The molecule has 0 atom stereocenters. The van der Waals surface area contributed by atoms with Crippen LogP contribution in [0.2, 0.25) is 0 Å². The van der Waals surface area contributed by atoms with Gasteiger partial charge in [-0.2, -0.15) is 0 Å². The highest BCUT2D eigenvalue weighted by Crippen LogP contribution is 2.33. The minimum Gasteiger partial charge on any atom is -0.357 e. The first-order valence-corrected chi connectivity index (χ1v) is 11.2. The molecule has 2 amide bonds. The van der Waals surface area contributed by atoms with Crippen molar-refractivity contribution in [2.45, 2.75) is 12.8 Å². The Balaban J connectivity index is 1.13. The first-order valence-electron chi connectivity index (χ1n) is 11.2. The molecule has 2 saturated heterocycles. The zero-order chi connectivity index (χ0) is 22.1. The molecule has 0 aliphatic carbocycles. The van der Waals surface area contributed by atoms with E-state index in [1.807, 2.05) is 52.3 Å². The van der Waals surface area contributed by atoms with Crippen LogP contribution in [0.25, 0.3) is 11.1 Å². The molecule has 0 spiro atoms. The van der Waals surface area contributed by atoms with Crippen molar-refractivity contribution < 1.29 is 14.0 Å². The van der Waals surface area contributed by atoms with Gasteiger partial charge in [0.2, 0.25) is 0 Å². The average molecular weight is 432 g/mol. The lowest BCUT2D eigenvalue weighted by molar-refractivity contribution is 0.0225. The smallest absolute Gasteiger partial charge is 0.270 e. The molecule has 164 valence electrons. The minimum absolute atomic E-state index is 0.0476. The number of halogens is 1. The van der Waals surface area contributed by atoms with Crippen LogP contribution in [-0.2, 0) is 0 Å². The summed E-state index contributed by atoms with van der Waals surface area (Å²) in [7, 11) is 0. The summed E-state index contributed by atoms with van der Waals surface area (Å²) < 4.78 is 13.5. The lowest BCUT2D eigenvalue weighted by atomic mass is 9.79. The Morgan fingerprint density at radius 3 is 2.22 bits per heavy atom. The number of likely N-dealkylation sites (tertiary alicyclic amines) is 2. The fourth-order valence-electron chi connectivity index (χ4n) is 4.84. The van der Waals surface area contributed by atoms with Gasteiger partial charge in [0.1, 0.15) is 11.5 Å². The predicted octanol–water partition coefficient (Wildman–Crippen LogP) is 4.45. The molecule has 5 rings (SSSR count). The molecule has 0 saturated carbocycles. The Morgan fingerprint density at radius 1 is 0.812 bits per heavy atom. The minimum atomic E-state index is -0.270. The maximum atomic E-state index is 13.5. The van der Waals surface area contributed by atoms with E-state index in [-0.39, 0.29) is 17.6 Å². The van der Waals surface area contributed by atoms with Crippen molar-refractivity contribution in [1.29, 1.82) is 0 Å². The first kappa shape index (κ1) is 20.5. The topological polar surface area (TPSA) is 56.4 Å². The van der Waals surface area contributed by atoms with Gasteiger partial charge in [-0.05, 0) is 72.2 Å². The summed E-state index contributed by atoms with van der Waals surface area (Å²) in [5, 5.41) is 0. The summed E-state index contributed by atoms with van der Waals surface area (Å²) in [5.74, 6) is 0.930. The van der Waals surface area contributed by atoms with E-state index < -0.39 is 0 Å². The van der Waals surface area contributed by atoms with E-state index in [1.165, 1.54) is 12.1 Å². The van der Waals surface area contributed by atoms with Crippen molar-refractivity contribution in [3.8, 4) is 11.1 Å². The standard InChI is InChI=1S/C26H26FN3O2/c27-23-4-1-3-21(15-23)18-6-8-20(9-7-18)25(31)29-13-10-19(11-14-29)22-16-30(17-22)26(32)24-5-2-12-28-24/h1-9,12,15,19,22,28H,10-11,13-14,16-17H2. The number of piperidine rings is 1. The molecule has 0 unspecified atom stereocenters. The third kappa shape index (κ3) is 4.05. The number of aromatic nitrogens is 1. The molecule has 2 aliphatic rings. The molecule has 6 heteroatoms. The number of H-pyrrole nitrogens is 1. The van der Waals surface area contributed by atoms with E-state index in [9.17, 15) is 14.0 Å². The van der Waals surface area contributed by atoms with Gasteiger partial charge in [0, 0.05) is 37.9 Å². The van der Waals surface area contributed by atoms with Gasteiger partial charge in [-0.25, -0.2) is 4.39 Å². The van der Waals surface area contributed by atoms with E-state index in [0.717, 1.165) is 50.1 Å². The maximum absolute atomic E-state index is 13.5. The molecule has 2 aromatic carbocycles. The number of hydrogen-bond acceptors (Lipinski definition) is 2. The summed E-state index contributed by atoms with van der Waals surface area (Å²) in [5.41, 5.74) is 3.00. The monoisotopic (exact) mass is 431 g/mol. The second-order valence-electron chi connectivity index (χ2n) is 8.77. The number of aromatic amines is 1. The zero-order valence-electron chi connectivity index (χ0n) is 17.8. The van der Waals surface area contributed by atoms with Gasteiger partial charge in [0.25, 0.3) is 11.8 Å². The Hall–Kier alpha value is -3.41. The van der Waals surface area contributed by atoms with Gasteiger partial charge in [0.05, 0.1) is 0 Å². The molecule has 3 aromatic rings. The number of amides is 2. The summed E-state index contributed by atoms with van der Waals surface area (Å²) >= 11 is 0. The summed E-state index contributed by atoms with van der Waals surface area (Å²) in [6, 6.07) is 17.5. The molecule has 32 heavy (non-hydrogen) atoms. The van der Waals surface area contributed by atoms with Crippen LogP contribution in [0, 0.1) is 17.7 Å². The number of rotatable bonds is 4.